The van der Waals surface area contributed by atoms with Gasteiger partial charge in [0.2, 0.25) is 0 Å². The van der Waals surface area contributed by atoms with Gasteiger partial charge < -0.3 is 9.84 Å². The van der Waals surface area contributed by atoms with Gasteiger partial charge in [-0.1, -0.05) is 12.1 Å². The van der Waals surface area contributed by atoms with Gasteiger partial charge in [0.05, 0.1) is 18.4 Å². The lowest BCUT2D eigenvalue weighted by atomic mass is 10.2. The lowest BCUT2D eigenvalue weighted by Crippen LogP contribution is -2.13. The summed E-state index contributed by atoms with van der Waals surface area (Å²) >= 11 is 0. The Morgan fingerprint density at radius 3 is 2.88 bits per heavy atom. The van der Waals surface area contributed by atoms with Crippen LogP contribution in [0.5, 0.6) is 0 Å². The van der Waals surface area contributed by atoms with Crippen LogP contribution in [-0.4, -0.2) is 21.5 Å². The lowest BCUT2D eigenvalue weighted by molar-refractivity contribution is 0.418. The van der Waals surface area contributed by atoms with Gasteiger partial charge in [0, 0.05) is 23.4 Å². The monoisotopic (exact) mass is 234 g/mol. The van der Waals surface area contributed by atoms with Crippen LogP contribution >= 0.6 is 0 Å². The van der Waals surface area contributed by atoms with Gasteiger partial charge >= 0.3 is 0 Å². The summed E-state index contributed by atoms with van der Waals surface area (Å²) in [6.45, 7) is 8.80. The SMILES string of the molecule is CCNCc1c(C)nn(Cc2cnoc2)c1C. The summed E-state index contributed by atoms with van der Waals surface area (Å²) in [5.41, 5.74) is 4.60. The van der Waals surface area contributed by atoms with Crippen molar-refractivity contribution in [1.29, 1.82) is 0 Å². The van der Waals surface area contributed by atoms with Crippen LogP contribution in [0.15, 0.2) is 17.0 Å². The van der Waals surface area contributed by atoms with Crippen LogP contribution in [-0.2, 0) is 13.1 Å². The van der Waals surface area contributed by atoms with Crippen molar-refractivity contribution in [2.24, 2.45) is 0 Å². The highest BCUT2D eigenvalue weighted by atomic mass is 16.5. The minimum atomic E-state index is 0.711. The van der Waals surface area contributed by atoms with E-state index in [0.717, 1.165) is 24.3 Å². The number of nitrogens with zero attached hydrogens (tertiary/aromatic N) is 3. The molecule has 0 amide bonds. The van der Waals surface area contributed by atoms with Crippen molar-refractivity contribution in [2.75, 3.05) is 6.54 Å². The van der Waals surface area contributed by atoms with Gasteiger partial charge in [0.15, 0.2) is 0 Å². The maximum Gasteiger partial charge on any atom is 0.128 e. The van der Waals surface area contributed by atoms with Crippen molar-refractivity contribution < 1.29 is 4.52 Å². The largest absolute Gasteiger partial charge is 0.364 e. The third-order valence-corrected chi connectivity index (χ3v) is 2.90. The molecule has 2 rings (SSSR count). The predicted molar refractivity (Wildman–Crippen MR) is 64.7 cm³/mol. The zero-order valence-electron chi connectivity index (χ0n) is 10.5. The van der Waals surface area contributed by atoms with E-state index in [9.17, 15) is 0 Å². The first kappa shape index (κ1) is 11.9. The number of rotatable bonds is 5. The smallest absolute Gasteiger partial charge is 0.128 e. The van der Waals surface area contributed by atoms with Crippen molar-refractivity contribution in [3.63, 3.8) is 0 Å². The molecule has 0 aromatic carbocycles. The van der Waals surface area contributed by atoms with Crippen LogP contribution in [0.2, 0.25) is 0 Å². The third kappa shape index (κ3) is 2.55. The summed E-state index contributed by atoms with van der Waals surface area (Å²) < 4.78 is 6.82. The minimum Gasteiger partial charge on any atom is -0.364 e. The number of nitrogens with one attached hydrogen (secondary N) is 1. The van der Waals surface area contributed by atoms with E-state index in [1.807, 2.05) is 11.6 Å². The van der Waals surface area contributed by atoms with Gasteiger partial charge in [0.25, 0.3) is 0 Å². The molecule has 5 nitrogen and oxygen atoms in total. The molecule has 0 fully saturated rings. The maximum atomic E-state index is 4.83. The Kier molecular flexibility index (Phi) is 3.58. The first-order valence-corrected chi connectivity index (χ1v) is 5.84. The van der Waals surface area contributed by atoms with Crippen molar-refractivity contribution in [2.45, 2.75) is 33.9 Å². The van der Waals surface area contributed by atoms with Gasteiger partial charge in [-0.3, -0.25) is 4.68 Å². The van der Waals surface area contributed by atoms with Crippen molar-refractivity contribution in [3.05, 3.63) is 35.0 Å². The van der Waals surface area contributed by atoms with E-state index in [1.54, 1.807) is 12.5 Å². The fourth-order valence-corrected chi connectivity index (χ4v) is 1.87. The molecular weight excluding hydrogens is 216 g/mol. The molecule has 0 aliphatic rings. The standard InChI is InChI=1S/C12H18N4O/c1-4-13-6-12-9(2)15-16(10(12)3)7-11-5-14-17-8-11/h5,8,13H,4,6-7H2,1-3H3. The molecule has 0 aliphatic carbocycles. The molecule has 0 atom stereocenters. The molecule has 1 N–H and O–H groups in total. The van der Waals surface area contributed by atoms with E-state index in [1.165, 1.54) is 11.3 Å². The zero-order chi connectivity index (χ0) is 12.3. The van der Waals surface area contributed by atoms with E-state index >= 15 is 0 Å². The Morgan fingerprint density at radius 2 is 2.24 bits per heavy atom. The summed E-state index contributed by atoms with van der Waals surface area (Å²) in [4.78, 5) is 0. The van der Waals surface area contributed by atoms with E-state index in [-0.39, 0.29) is 0 Å². The van der Waals surface area contributed by atoms with Crippen LogP contribution in [0.1, 0.15) is 29.4 Å². The zero-order valence-corrected chi connectivity index (χ0v) is 10.5. The molecule has 92 valence electrons. The van der Waals surface area contributed by atoms with Crippen molar-refractivity contribution in [3.8, 4) is 0 Å². The molecule has 5 heteroatoms. The van der Waals surface area contributed by atoms with E-state index in [2.05, 4.69) is 29.4 Å². The summed E-state index contributed by atoms with van der Waals surface area (Å²) in [6.07, 6.45) is 3.38. The Morgan fingerprint density at radius 1 is 1.41 bits per heavy atom. The quantitative estimate of drug-likeness (QED) is 0.854. The first-order valence-electron chi connectivity index (χ1n) is 5.84. The van der Waals surface area contributed by atoms with Crippen LogP contribution in [0.3, 0.4) is 0 Å². The van der Waals surface area contributed by atoms with Gasteiger partial charge in [-0.25, -0.2) is 0 Å². The van der Waals surface area contributed by atoms with Gasteiger partial charge in [-0.2, -0.15) is 5.10 Å². The second-order valence-electron chi connectivity index (χ2n) is 4.12. The highest BCUT2D eigenvalue weighted by molar-refractivity contribution is 5.25. The average molecular weight is 234 g/mol. The van der Waals surface area contributed by atoms with E-state index < -0.39 is 0 Å². The molecule has 0 aliphatic heterocycles. The van der Waals surface area contributed by atoms with Crippen molar-refractivity contribution >= 4 is 0 Å². The van der Waals surface area contributed by atoms with Crippen LogP contribution in [0.25, 0.3) is 0 Å². The second-order valence-corrected chi connectivity index (χ2v) is 4.12. The molecule has 0 bridgehead atoms. The maximum absolute atomic E-state index is 4.83. The third-order valence-electron chi connectivity index (χ3n) is 2.90. The van der Waals surface area contributed by atoms with Crippen LogP contribution in [0.4, 0.5) is 0 Å². The molecular formula is C12H18N4O. The fraction of sp³-hybridized carbons (Fsp3) is 0.500. The van der Waals surface area contributed by atoms with Gasteiger partial charge in [0.1, 0.15) is 6.26 Å². The highest BCUT2D eigenvalue weighted by Crippen LogP contribution is 2.14. The molecule has 0 saturated heterocycles. The molecule has 0 radical (unpaired) electrons. The van der Waals surface area contributed by atoms with Crippen LogP contribution < -0.4 is 5.32 Å². The first-order chi connectivity index (χ1) is 8.22. The average Bonchev–Trinajstić information content (AvgIpc) is 2.89. The number of hydrogen-bond donors (Lipinski definition) is 1. The minimum absolute atomic E-state index is 0.711. The number of hydrogen-bond acceptors (Lipinski definition) is 4. The van der Waals surface area contributed by atoms with Crippen molar-refractivity contribution in [1.82, 2.24) is 20.3 Å². The van der Waals surface area contributed by atoms with E-state index in [0.29, 0.717) is 6.54 Å². The summed E-state index contributed by atoms with van der Waals surface area (Å²) in [5, 5.41) is 11.6. The molecule has 0 spiro atoms. The van der Waals surface area contributed by atoms with Gasteiger partial charge in [-0.05, 0) is 20.4 Å². The van der Waals surface area contributed by atoms with Crippen LogP contribution in [0, 0.1) is 13.8 Å². The van der Waals surface area contributed by atoms with Gasteiger partial charge in [-0.15, -0.1) is 0 Å². The molecule has 0 saturated carbocycles. The number of aromatic nitrogens is 3. The Labute approximate surface area is 101 Å². The highest BCUT2D eigenvalue weighted by Gasteiger charge is 2.11. The Balaban J connectivity index is 2.18. The number of aryl methyl sites for hydroxylation is 1. The summed E-state index contributed by atoms with van der Waals surface area (Å²) in [6, 6.07) is 0. The predicted octanol–water partition coefficient (Wildman–Crippen LogP) is 1.65. The molecule has 17 heavy (non-hydrogen) atoms. The molecule has 0 unspecified atom stereocenters. The topological polar surface area (TPSA) is 55.9 Å². The van der Waals surface area contributed by atoms with E-state index in [4.69, 9.17) is 4.52 Å². The molecule has 2 heterocycles. The fourth-order valence-electron chi connectivity index (χ4n) is 1.87. The Bertz CT molecular complexity index is 473. The molecule has 2 aromatic heterocycles. The Hall–Kier alpha value is -1.62. The lowest BCUT2D eigenvalue weighted by Gasteiger charge is -2.04. The summed E-state index contributed by atoms with van der Waals surface area (Å²) in [7, 11) is 0. The normalized spacial score (nSPS) is 11.0. The second kappa shape index (κ2) is 5.14. The molecule has 2 aromatic rings. The summed E-state index contributed by atoms with van der Waals surface area (Å²) in [5.74, 6) is 0.